The third-order valence-electron chi connectivity index (χ3n) is 2.20. The topological polar surface area (TPSA) is 64.6 Å². The van der Waals surface area contributed by atoms with E-state index in [-0.39, 0.29) is 21.5 Å². The average Bonchev–Trinajstić information content (AvgIpc) is 2.28. The summed E-state index contributed by atoms with van der Waals surface area (Å²) in [7, 11) is -1.04. The lowest BCUT2D eigenvalue weighted by Crippen LogP contribution is -2.34. The van der Waals surface area contributed by atoms with Gasteiger partial charge in [-0.3, -0.25) is 0 Å². The summed E-state index contributed by atoms with van der Waals surface area (Å²) in [6.07, 6.45) is -0.692. The van der Waals surface area contributed by atoms with Gasteiger partial charge < -0.3 is 9.47 Å². The maximum absolute atomic E-state index is 12.1. The van der Waals surface area contributed by atoms with Gasteiger partial charge in [-0.2, -0.15) is 0 Å². The number of hydrogen-bond donors (Lipinski definition) is 1. The van der Waals surface area contributed by atoms with Crippen LogP contribution in [-0.2, 0) is 19.5 Å². The van der Waals surface area contributed by atoms with E-state index in [2.05, 4.69) is 20.7 Å². The number of benzene rings is 1. The zero-order valence-electron chi connectivity index (χ0n) is 10.1. The van der Waals surface area contributed by atoms with Crippen LogP contribution >= 0.6 is 39.1 Å². The average molecular weight is 393 g/mol. The van der Waals surface area contributed by atoms with Gasteiger partial charge in [-0.25, -0.2) is 13.1 Å². The summed E-state index contributed by atoms with van der Waals surface area (Å²) in [4.78, 5) is -0.176. The first kappa shape index (κ1) is 17.2. The Morgan fingerprint density at radius 1 is 1.26 bits per heavy atom. The predicted octanol–water partition coefficient (Wildman–Crippen LogP) is 2.65. The van der Waals surface area contributed by atoms with Crippen LogP contribution in [0.4, 0.5) is 0 Å². The van der Waals surface area contributed by atoms with Gasteiger partial charge in [0.25, 0.3) is 0 Å². The van der Waals surface area contributed by atoms with Crippen molar-refractivity contribution in [2.75, 3.05) is 20.8 Å². The summed E-state index contributed by atoms with van der Waals surface area (Å²) < 4.78 is 36.9. The van der Waals surface area contributed by atoms with E-state index in [1.807, 2.05) is 0 Å². The zero-order valence-corrected chi connectivity index (χ0v) is 14.0. The second-order valence-corrected chi connectivity index (χ2v) is 6.89. The Morgan fingerprint density at radius 3 is 2.16 bits per heavy atom. The Balaban J connectivity index is 3.01. The minimum absolute atomic E-state index is 0.0262. The minimum atomic E-state index is -3.85. The molecule has 0 saturated carbocycles. The monoisotopic (exact) mass is 391 g/mol. The number of hydrogen-bond acceptors (Lipinski definition) is 4. The molecule has 0 aliphatic heterocycles. The second-order valence-electron chi connectivity index (χ2n) is 3.45. The number of nitrogens with one attached hydrogen (secondary N) is 1. The summed E-state index contributed by atoms with van der Waals surface area (Å²) in [5.41, 5.74) is 0. The van der Waals surface area contributed by atoms with Crippen molar-refractivity contribution in [2.45, 2.75) is 11.2 Å². The molecule has 0 saturated heterocycles. The van der Waals surface area contributed by atoms with Gasteiger partial charge >= 0.3 is 0 Å². The van der Waals surface area contributed by atoms with E-state index < -0.39 is 16.3 Å². The number of sulfonamides is 1. The minimum Gasteiger partial charge on any atom is -0.355 e. The lowest BCUT2D eigenvalue weighted by atomic mass is 10.4. The predicted molar refractivity (Wildman–Crippen MR) is 77.2 cm³/mol. The Bertz CT molecular complexity index is 525. The molecule has 0 atom stereocenters. The lowest BCUT2D eigenvalue weighted by molar-refractivity contribution is -0.0960. The van der Waals surface area contributed by atoms with Crippen molar-refractivity contribution in [2.24, 2.45) is 0 Å². The first-order valence-corrected chi connectivity index (χ1v) is 8.05. The molecule has 0 aromatic heterocycles. The number of halogens is 3. The van der Waals surface area contributed by atoms with Gasteiger partial charge in [0.2, 0.25) is 10.0 Å². The highest BCUT2D eigenvalue weighted by molar-refractivity contribution is 9.10. The molecule has 0 aliphatic rings. The van der Waals surface area contributed by atoms with Crippen LogP contribution in [0.3, 0.4) is 0 Å². The summed E-state index contributed by atoms with van der Waals surface area (Å²) >= 11 is 15.0. The fourth-order valence-corrected chi connectivity index (χ4v) is 4.25. The van der Waals surface area contributed by atoms with E-state index in [4.69, 9.17) is 32.7 Å². The highest BCUT2D eigenvalue weighted by atomic mass is 79.9. The van der Waals surface area contributed by atoms with Crippen LogP contribution in [0.2, 0.25) is 10.0 Å². The molecule has 1 aromatic rings. The fraction of sp³-hybridized carbons (Fsp3) is 0.400. The van der Waals surface area contributed by atoms with E-state index in [9.17, 15) is 8.42 Å². The molecular weight excluding hydrogens is 381 g/mol. The van der Waals surface area contributed by atoms with Crippen molar-refractivity contribution in [1.82, 2.24) is 4.72 Å². The fourth-order valence-electron chi connectivity index (χ4n) is 1.30. The molecule has 19 heavy (non-hydrogen) atoms. The van der Waals surface area contributed by atoms with Gasteiger partial charge in [0.1, 0.15) is 4.90 Å². The molecule has 0 unspecified atom stereocenters. The van der Waals surface area contributed by atoms with Gasteiger partial charge in [0, 0.05) is 18.7 Å². The molecule has 108 valence electrons. The molecule has 5 nitrogen and oxygen atoms in total. The van der Waals surface area contributed by atoms with Crippen molar-refractivity contribution in [3.63, 3.8) is 0 Å². The normalized spacial score (nSPS) is 12.1. The molecule has 0 radical (unpaired) electrons. The van der Waals surface area contributed by atoms with Crippen LogP contribution in [0.1, 0.15) is 0 Å². The van der Waals surface area contributed by atoms with Gasteiger partial charge in [-0.1, -0.05) is 39.1 Å². The molecule has 1 rings (SSSR count). The van der Waals surface area contributed by atoms with Crippen molar-refractivity contribution in [1.29, 1.82) is 0 Å². The second kappa shape index (κ2) is 7.21. The Morgan fingerprint density at radius 2 is 1.74 bits per heavy atom. The highest BCUT2D eigenvalue weighted by Gasteiger charge is 2.23. The third-order valence-corrected chi connectivity index (χ3v) is 5.00. The van der Waals surface area contributed by atoms with Gasteiger partial charge in [0.15, 0.2) is 6.29 Å². The first-order chi connectivity index (χ1) is 8.81. The molecule has 9 heteroatoms. The maximum Gasteiger partial charge on any atom is 0.243 e. The Labute approximate surface area is 130 Å². The summed E-state index contributed by atoms with van der Waals surface area (Å²) in [5, 5.41) is 0.0523. The maximum atomic E-state index is 12.1. The molecule has 1 aromatic carbocycles. The van der Waals surface area contributed by atoms with Gasteiger partial charge in [-0.15, -0.1) is 0 Å². The van der Waals surface area contributed by atoms with Crippen molar-refractivity contribution in [3.8, 4) is 0 Å². The van der Waals surface area contributed by atoms with E-state index in [1.165, 1.54) is 26.4 Å². The van der Waals surface area contributed by atoms with Crippen LogP contribution in [-0.4, -0.2) is 35.5 Å². The smallest absolute Gasteiger partial charge is 0.243 e. The molecule has 1 N–H and O–H groups in total. The third kappa shape index (κ3) is 4.56. The number of rotatable bonds is 6. The van der Waals surface area contributed by atoms with Crippen LogP contribution < -0.4 is 4.72 Å². The molecule has 0 aliphatic carbocycles. The van der Waals surface area contributed by atoms with Crippen molar-refractivity contribution in [3.05, 3.63) is 26.7 Å². The van der Waals surface area contributed by atoms with E-state index in [1.54, 1.807) is 0 Å². The highest BCUT2D eigenvalue weighted by Crippen LogP contribution is 2.32. The summed E-state index contributed by atoms with van der Waals surface area (Å²) in [5.74, 6) is 0. The zero-order chi connectivity index (χ0) is 14.6. The Kier molecular flexibility index (Phi) is 6.52. The van der Waals surface area contributed by atoms with Crippen LogP contribution in [0, 0.1) is 0 Å². The number of ether oxygens (including phenoxy) is 2. The number of methoxy groups -OCH3 is 2. The molecule has 0 heterocycles. The molecule has 0 amide bonds. The molecule has 0 fully saturated rings. The molecule has 0 spiro atoms. The molecule has 0 bridgehead atoms. The van der Waals surface area contributed by atoms with E-state index in [0.717, 1.165) is 0 Å². The van der Waals surface area contributed by atoms with E-state index >= 15 is 0 Å². The Hall–Kier alpha value is 0.110. The summed E-state index contributed by atoms with van der Waals surface area (Å²) in [6, 6.07) is 2.90. The van der Waals surface area contributed by atoms with Crippen molar-refractivity contribution < 1.29 is 17.9 Å². The quantitative estimate of drug-likeness (QED) is 0.756. The first-order valence-electron chi connectivity index (χ1n) is 5.01. The van der Waals surface area contributed by atoms with Crippen LogP contribution in [0.5, 0.6) is 0 Å². The SMILES string of the molecule is COC(CNS(=O)(=O)c1c(Cl)cc(Br)cc1Cl)OC. The van der Waals surface area contributed by atoms with E-state index in [0.29, 0.717) is 4.47 Å². The standard InChI is InChI=1S/C10H12BrCl2NO4S/c1-17-9(18-2)5-14-19(15,16)10-7(12)3-6(11)4-8(10)13/h3-4,9,14H,5H2,1-2H3. The van der Waals surface area contributed by atoms with Gasteiger partial charge in [-0.05, 0) is 12.1 Å². The van der Waals surface area contributed by atoms with Crippen LogP contribution in [0.15, 0.2) is 21.5 Å². The molecular formula is C10H12BrCl2NO4S. The van der Waals surface area contributed by atoms with Crippen LogP contribution in [0.25, 0.3) is 0 Å². The van der Waals surface area contributed by atoms with Crippen molar-refractivity contribution >= 4 is 49.2 Å². The lowest BCUT2D eigenvalue weighted by Gasteiger charge is -2.15. The largest absolute Gasteiger partial charge is 0.355 e. The summed E-state index contributed by atoms with van der Waals surface area (Å²) in [6.45, 7) is -0.0575. The van der Waals surface area contributed by atoms with Gasteiger partial charge in [0.05, 0.1) is 16.6 Å².